The second kappa shape index (κ2) is 4.42. The van der Waals surface area contributed by atoms with E-state index in [0.717, 1.165) is 6.42 Å². The Bertz CT molecular complexity index is 431. The van der Waals surface area contributed by atoms with E-state index in [0.29, 0.717) is 19.4 Å². The molecule has 17 heavy (non-hydrogen) atoms. The molecule has 2 rings (SSSR count). The molecule has 0 radical (unpaired) electrons. The monoisotopic (exact) mass is 259 g/mol. The average molecular weight is 259 g/mol. The van der Waals surface area contributed by atoms with E-state index in [1.807, 2.05) is 0 Å². The molecule has 2 aliphatic heterocycles. The van der Waals surface area contributed by atoms with Crippen LogP contribution in [0.5, 0.6) is 0 Å². The van der Waals surface area contributed by atoms with Gasteiger partial charge in [0.1, 0.15) is 0 Å². The molecule has 0 aromatic heterocycles. The van der Waals surface area contributed by atoms with Gasteiger partial charge in [0, 0.05) is 12.6 Å². The lowest BCUT2D eigenvalue weighted by Crippen LogP contribution is -2.49. The van der Waals surface area contributed by atoms with Crippen molar-refractivity contribution in [2.45, 2.75) is 30.9 Å². The van der Waals surface area contributed by atoms with Crippen molar-refractivity contribution in [2.75, 3.05) is 18.1 Å². The van der Waals surface area contributed by atoms with E-state index in [2.05, 4.69) is 11.9 Å². The number of hydrogen-bond donors (Lipinski definition) is 1. The summed E-state index contributed by atoms with van der Waals surface area (Å²) in [5.41, 5.74) is -0.573. The number of carbonyl (C=O) groups is 1. The van der Waals surface area contributed by atoms with Gasteiger partial charge >= 0.3 is 0 Å². The summed E-state index contributed by atoms with van der Waals surface area (Å²) in [4.78, 5) is 11.2. The van der Waals surface area contributed by atoms with E-state index in [1.54, 1.807) is 0 Å². The number of hydrogen-bond acceptors (Lipinski definition) is 4. The van der Waals surface area contributed by atoms with Gasteiger partial charge in [-0.15, -0.1) is 0 Å². The lowest BCUT2D eigenvalue weighted by atomic mass is 9.90. The molecule has 1 N–H and O–H groups in total. The van der Waals surface area contributed by atoms with E-state index in [9.17, 15) is 13.2 Å². The number of nitrogens with one attached hydrogen (secondary N) is 1. The standard InChI is InChI=1S/C11H17NO4S/c1-2-10(13)12-9-3-5-16-11(7-9)4-6-17(14,15)8-11/h2,9H,1,3-8H2,(H,12,13). The first kappa shape index (κ1) is 12.6. The SMILES string of the molecule is C=CC(=O)NC1CCOC2(CCS(=O)(=O)C2)C1. The highest BCUT2D eigenvalue weighted by atomic mass is 32.2. The van der Waals surface area contributed by atoms with Crippen LogP contribution in [0.15, 0.2) is 12.7 Å². The molecular weight excluding hydrogens is 242 g/mol. The zero-order valence-electron chi connectivity index (χ0n) is 9.65. The van der Waals surface area contributed by atoms with E-state index in [4.69, 9.17) is 4.74 Å². The van der Waals surface area contributed by atoms with Crippen LogP contribution >= 0.6 is 0 Å². The minimum Gasteiger partial charge on any atom is -0.374 e. The van der Waals surface area contributed by atoms with Crippen LogP contribution in [0.2, 0.25) is 0 Å². The van der Waals surface area contributed by atoms with Gasteiger partial charge in [-0.1, -0.05) is 6.58 Å². The van der Waals surface area contributed by atoms with Crippen LogP contribution in [-0.4, -0.2) is 44.1 Å². The Hall–Kier alpha value is -0.880. The molecule has 5 nitrogen and oxygen atoms in total. The summed E-state index contributed by atoms with van der Waals surface area (Å²) in [5, 5.41) is 2.82. The maximum Gasteiger partial charge on any atom is 0.243 e. The van der Waals surface area contributed by atoms with Gasteiger partial charge in [-0.05, 0) is 25.3 Å². The first-order valence-electron chi connectivity index (χ1n) is 5.72. The van der Waals surface area contributed by atoms with Gasteiger partial charge in [0.2, 0.25) is 5.91 Å². The fraction of sp³-hybridized carbons (Fsp3) is 0.727. The van der Waals surface area contributed by atoms with Crippen LogP contribution in [-0.2, 0) is 19.4 Å². The Morgan fingerprint density at radius 2 is 2.29 bits per heavy atom. The quantitative estimate of drug-likeness (QED) is 0.710. The summed E-state index contributed by atoms with van der Waals surface area (Å²) < 4.78 is 28.7. The van der Waals surface area contributed by atoms with E-state index >= 15 is 0 Å². The van der Waals surface area contributed by atoms with Crippen LogP contribution in [0.4, 0.5) is 0 Å². The Kier molecular flexibility index (Phi) is 3.27. The summed E-state index contributed by atoms with van der Waals surface area (Å²) in [5.74, 6) is 0.0585. The molecule has 96 valence electrons. The number of ether oxygens (including phenoxy) is 1. The van der Waals surface area contributed by atoms with Crippen molar-refractivity contribution in [3.8, 4) is 0 Å². The van der Waals surface area contributed by atoms with Gasteiger partial charge in [-0.25, -0.2) is 8.42 Å². The molecular formula is C11H17NO4S. The summed E-state index contributed by atoms with van der Waals surface area (Å²) >= 11 is 0. The minimum atomic E-state index is -2.97. The number of rotatable bonds is 2. The Labute approximate surface area is 101 Å². The fourth-order valence-electron chi connectivity index (χ4n) is 2.57. The van der Waals surface area contributed by atoms with Gasteiger partial charge in [-0.2, -0.15) is 0 Å². The first-order chi connectivity index (χ1) is 7.95. The molecule has 1 amide bonds. The topological polar surface area (TPSA) is 72.5 Å². The molecule has 0 aromatic carbocycles. The summed E-state index contributed by atoms with van der Waals surface area (Å²) in [6.07, 6.45) is 3.07. The number of amides is 1. The fourth-order valence-corrected chi connectivity index (χ4v) is 4.55. The summed E-state index contributed by atoms with van der Waals surface area (Å²) in [6.45, 7) is 3.90. The Balaban J connectivity index is 2.02. The first-order valence-corrected chi connectivity index (χ1v) is 7.54. The molecule has 2 saturated heterocycles. The molecule has 1 spiro atoms. The summed E-state index contributed by atoms with van der Waals surface area (Å²) in [6, 6.07) is -0.0115. The third kappa shape index (κ3) is 2.87. The third-order valence-electron chi connectivity index (χ3n) is 3.38. The Morgan fingerprint density at radius 3 is 2.88 bits per heavy atom. The van der Waals surface area contributed by atoms with Gasteiger partial charge < -0.3 is 10.1 Å². The van der Waals surface area contributed by atoms with Gasteiger partial charge in [0.05, 0.1) is 17.1 Å². The van der Waals surface area contributed by atoms with Crippen LogP contribution in [0.1, 0.15) is 19.3 Å². The van der Waals surface area contributed by atoms with Gasteiger partial charge in [0.15, 0.2) is 9.84 Å². The second-order valence-corrected chi connectivity index (χ2v) is 6.96. The van der Waals surface area contributed by atoms with Crippen LogP contribution in [0.3, 0.4) is 0 Å². The summed E-state index contributed by atoms with van der Waals surface area (Å²) in [7, 11) is -2.97. The highest BCUT2D eigenvalue weighted by Gasteiger charge is 2.46. The van der Waals surface area contributed by atoms with E-state index in [1.165, 1.54) is 6.08 Å². The third-order valence-corrected chi connectivity index (χ3v) is 5.17. The van der Waals surface area contributed by atoms with Crippen LogP contribution in [0.25, 0.3) is 0 Å². The molecule has 2 aliphatic rings. The van der Waals surface area contributed by atoms with Crippen molar-refractivity contribution in [1.82, 2.24) is 5.32 Å². The molecule has 2 fully saturated rings. The smallest absolute Gasteiger partial charge is 0.243 e. The molecule has 0 aliphatic carbocycles. The van der Waals surface area contributed by atoms with Crippen molar-refractivity contribution >= 4 is 15.7 Å². The van der Waals surface area contributed by atoms with Crippen molar-refractivity contribution in [2.24, 2.45) is 0 Å². The maximum atomic E-state index is 11.5. The van der Waals surface area contributed by atoms with Gasteiger partial charge in [0.25, 0.3) is 0 Å². The van der Waals surface area contributed by atoms with E-state index in [-0.39, 0.29) is 23.5 Å². The molecule has 6 heteroatoms. The Morgan fingerprint density at radius 1 is 1.53 bits per heavy atom. The average Bonchev–Trinajstić information content (AvgIpc) is 2.54. The maximum absolute atomic E-state index is 11.5. The largest absolute Gasteiger partial charge is 0.374 e. The molecule has 0 saturated carbocycles. The molecule has 2 unspecified atom stereocenters. The molecule has 0 bridgehead atoms. The van der Waals surface area contributed by atoms with Crippen LogP contribution < -0.4 is 5.32 Å². The zero-order valence-corrected chi connectivity index (χ0v) is 10.5. The highest BCUT2D eigenvalue weighted by molar-refractivity contribution is 7.91. The van der Waals surface area contributed by atoms with Crippen molar-refractivity contribution < 1.29 is 17.9 Å². The lowest BCUT2D eigenvalue weighted by molar-refractivity contribution is -0.119. The normalized spacial score (nSPS) is 35.6. The highest BCUT2D eigenvalue weighted by Crippen LogP contribution is 2.35. The predicted octanol–water partition coefficient (Wildman–Crippen LogP) is 0.0249. The van der Waals surface area contributed by atoms with Gasteiger partial charge in [-0.3, -0.25) is 4.79 Å². The van der Waals surface area contributed by atoms with E-state index < -0.39 is 15.4 Å². The number of sulfone groups is 1. The molecule has 2 atom stereocenters. The lowest BCUT2D eigenvalue weighted by Gasteiger charge is -2.37. The zero-order chi connectivity index (χ0) is 12.5. The number of carbonyl (C=O) groups excluding carboxylic acids is 1. The molecule has 2 heterocycles. The van der Waals surface area contributed by atoms with Crippen molar-refractivity contribution in [1.29, 1.82) is 0 Å². The second-order valence-electron chi connectivity index (χ2n) is 4.78. The van der Waals surface area contributed by atoms with Crippen molar-refractivity contribution in [3.05, 3.63) is 12.7 Å². The van der Waals surface area contributed by atoms with Crippen LogP contribution in [0, 0.1) is 0 Å². The predicted molar refractivity (Wildman–Crippen MR) is 63.3 cm³/mol. The van der Waals surface area contributed by atoms with Crippen molar-refractivity contribution in [3.63, 3.8) is 0 Å². The minimum absolute atomic E-state index is 0.0115. The molecule has 0 aromatic rings.